The second-order valence-electron chi connectivity index (χ2n) is 6.15. The molecule has 0 aliphatic rings. The summed E-state index contributed by atoms with van der Waals surface area (Å²) < 4.78 is 43.0. The van der Waals surface area contributed by atoms with Crippen molar-refractivity contribution in [2.24, 2.45) is 0 Å². The zero-order valence-corrected chi connectivity index (χ0v) is 17.2. The molecule has 0 aromatic heterocycles. The Labute approximate surface area is 165 Å². The van der Waals surface area contributed by atoms with E-state index in [2.05, 4.69) is 0 Å². The van der Waals surface area contributed by atoms with Crippen LogP contribution >= 0.6 is 0 Å². The van der Waals surface area contributed by atoms with Gasteiger partial charge in [-0.2, -0.15) is 0 Å². The lowest BCUT2D eigenvalue weighted by molar-refractivity contribution is -0.141. The van der Waals surface area contributed by atoms with Crippen LogP contribution in [0.3, 0.4) is 0 Å². The van der Waals surface area contributed by atoms with Gasteiger partial charge in [-0.15, -0.1) is 0 Å². The number of benzene rings is 2. The molecule has 0 heterocycles. The van der Waals surface area contributed by atoms with Crippen LogP contribution in [0.5, 0.6) is 11.5 Å². The maximum absolute atomic E-state index is 13.2. The number of esters is 1. The number of rotatable bonds is 9. The van der Waals surface area contributed by atoms with Crippen LogP contribution in [0.2, 0.25) is 0 Å². The molecule has 0 radical (unpaired) electrons. The molecule has 0 amide bonds. The number of carbonyl (C=O) groups is 1. The molecule has 28 heavy (non-hydrogen) atoms. The van der Waals surface area contributed by atoms with Crippen LogP contribution in [0.15, 0.2) is 53.4 Å². The Morgan fingerprint density at radius 2 is 1.57 bits per heavy atom. The normalized spacial score (nSPS) is 11.2. The summed E-state index contributed by atoms with van der Waals surface area (Å²) in [4.78, 5) is 12.1. The molecule has 0 bridgehead atoms. The summed E-state index contributed by atoms with van der Waals surface area (Å²) in [5.41, 5.74) is 0.333. The fourth-order valence-electron chi connectivity index (χ4n) is 2.48. The summed E-state index contributed by atoms with van der Waals surface area (Å²) in [7, 11) is -2.49. The highest BCUT2D eigenvalue weighted by molar-refractivity contribution is 7.92. The molecule has 0 aliphatic carbocycles. The average Bonchev–Trinajstić information content (AvgIpc) is 2.66. The fraction of sp³-hybridized carbons (Fsp3) is 0.350. The number of sulfonamides is 1. The lowest BCUT2D eigenvalue weighted by atomic mass is 10.3. The van der Waals surface area contributed by atoms with Crippen LogP contribution in [0.25, 0.3) is 0 Å². The van der Waals surface area contributed by atoms with Crippen molar-refractivity contribution in [3.63, 3.8) is 0 Å². The molecule has 0 spiro atoms. The molecule has 2 aromatic rings. The molecule has 0 atom stereocenters. The number of ether oxygens (including phenoxy) is 3. The lowest BCUT2D eigenvalue weighted by Crippen LogP contribution is -2.36. The number of hydrogen-bond acceptors (Lipinski definition) is 6. The standard InChI is InChI=1S/C20H25NO6S/c1-5-26-20(22)14-21(16-6-8-18(9-7-16)27-15(2)3)28(23,24)19-12-10-17(25-4)11-13-19/h6-13,15H,5,14H2,1-4H3. The third-order valence-electron chi connectivity index (χ3n) is 3.72. The average molecular weight is 407 g/mol. The van der Waals surface area contributed by atoms with E-state index in [9.17, 15) is 13.2 Å². The van der Waals surface area contributed by atoms with Crippen LogP contribution in [0, 0.1) is 0 Å². The van der Waals surface area contributed by atoms with Crippen molar-refractivity contribution in [3.8, 4) is 11.5 Å². The van der Waals surface area contributed by atoms with Crippen molar-refractivity contribution in [1.82, 2.24) is 0 Å². The molecular weight excluding hydrogens is 382 g/mol. The fourth-order valence-corrected chi connectivity index (χ4v) is 3.89. The Morgan fingerprint density at radius 1 is 1.00 bits per heavy atom. The van der Waals surface area contributed by atoms with E-state index in [0.29, 0.717) is 17.2 Å². The second kappa shape index (κ2) is 9.45. The van der Waals surface area contributed by atoms with E-state index in [-0.39, 0.29) is 17.6 Å². The Bertz CT molecular complexity index is 876. The van der Waals surface area contributed by atoms with Gasteiger partial charge < -0.3 is 14.2 Å². The highest BCUT2D eigenvalue weighted by Gasteiger charge is 2.28. The van der Waals surface area contributed by atoms with Crippen LogP contribution < -0.4 is 13.8 Å². The molecule has 152 valence electrons. The second-order valence-corrected chi connectivity index (χ2v) is 8.02. The van der Waals surface area contributed by atoms with Crippen LogP contribution in [0.1, 0.15) is 20.8 Å². The van der Waals surface area contributed by atoms with Gasteiger partial charge in [0, 0.05) is 0 Å². The van der Waals surface area contributed by atoms with E-state index >= 15 is 0 Å². The van der Waals surface area contributed by atoms with E-state index in [1.165, 1.54) is 19.2 Å². The maximum atomic E-state index is 13.2. The molecule has 2 aromatic carbocycles. The number of carbonyl (C=O) groups excluding carboxylic acids is 1. The van der Waals surface area contributed by atoms with Crippen molar-refractivity contribution in [2.75, 3.05) is 24.6 Å². The Kier molecular flexibility index (Phi) is 7.28. The molecule has 0 saturated carbocycles. The van der Waals surface area contributed by atoms with E-state index in [1.807, 2.05) is 13.8 Å². The first-order valence-electron chi connectivity index (χ1n) is 8.87. The van der Waals surface area contributed by atoms with Gasteiger partial charge in [0.2, 0.25) is 0 Å². The molecule has 8 heteroatoms. The van der Waals surface area contributed by atoms with Crippen molar-refractivity contribution in [3.05, 3.63) is 48.5 Å². The molecule has 0 aliphatic heterocycles. The Balaban J connectivity index is 2.41. The van der Waals surface area contributed by atoms with Crippen LogP contribution in [-0.4, -0.2) is 40.8 Å². The minimum absolute atomic E-state index is 0.00971. The number of methoxy groups -OCH3 is 1. The van der Waals surface area contributed by atoms with Crippen LogP contribution in [0.4, 0.5) is 5.69 Å². The lowest BCUT2D eigenvalue weighted by Gasteiger charge is -2.24. The first kappa shape index (κ1) is 21.6. The summed E-state index contributed by atoms with van der Waals surface area (Å²) in [5, 5.41) is 0. The molecule has 0 saturated heterocycles. The van der Waals surface area contributed by atoms with E-state index in [0.717, 1.165) is 4.31 Å². The monoisotopic (exact) mass is 407 g/mol. The summed E-state index contributed by atoms with van der Waals surface area (Å²) >= 11 is 0. The molecule has 0 unspecified atom stereocenters. The number of anilines is 1. The third-order valence-corrected chi connectivity index (χ3v) is 5.51. The zero-order chi connectivity index (χ0) is 20.7. The highest BCUT2D eigenvalue weighted by Crippen LogP contribution is 2.27. The van der Waals surface area contributed by atoms with Gasteiger partial charge in [-0.1, -0.05) is 0 Å². The first-order valence-corrected chi connectivity index (χ1v) is 10.3. The predicted octanol–water partition coefficient (Wildman–Crippen LogP) is 3.24. The van der Waals surface area contributed by atoms with Gasteiger partial charge in [0.15, 0.2) is 0 Å². The third kappa shape index (κ3) is 5.39. The minimum atomic E-state index is -3.99. The van der Waals surface area contributed by atoms with E-state index in [1.54, 1.807) is 43.3 Å². The molecular formula is C20H25NO6S. The SMILES string of the molecule is CCOC(=O)CN(c1ccc(OC(C)C)cc1)S(=O)(=O)c1ccc(OC)cc1. The van der Waals surface area contributed by atoms with E-state index in [4.69, 9.17) is 14.2 Å². The van der Waals surface area contributed by atoms with E-state index < -0.39 is 22.5 Å². The smallest absolute Gasteiger partial charge is 0.326 e. The van der Waals surface area contributed by atoms with Gasteiger partial charge in [-0.25, -0.2) is 8.42 Å². The molecule has 7 nitrogen and oxygen atoms in total. The predicted molar refractivity (Wildman–Crippen MR) is 106 cm³/mol. The van der Waals surface area contributed by atoms with Gasteiger partial charge in [-0.05, 0) is 69.3 Å². The summed E-state index contributed by atoms with van der Waals surface area (Å²) in [6.45, 7) is 5.19. The summed E-state index contributed by atoms with van der Waals surface area (Å²) in [5.74, 6) is 0.504. The highest BCUT2D eigenvalue weighted by atomic mass is 32.2. The first-order chi connectivity index (χ1) is 13.3. The maximum Gasteiger partial charge on any atom is 0.326 e. The number of nitrogens with zero attached hydrogens (tertiary/aromatic N) is 1. The largest absolute Gasteiger partial charge is 0.497 e. The van der Waals surface area contributed by atoms with Crippen LogP contribution in [-0.2, 0) is 19.6 Å². The quantitative estimate of drug-likeness (QED) is 0.594. The minimum Gasteiger partial charge on any atom is -0.497 e. The topological polar surface area (TPSA) is 82.1 Å². The zero-order valence-electron chi connectivity index (χ0n) is 16.4. The van der Waals surface area contributed by atoms with Gasteiger partial charge in [-0.3, -0.25) is 9.10 Å². The van der Waals surface area contributed by atoms with Gasteiger partial charge >= 0.3 is 5.97 Å². The molecule has 2 rings (SSSR count). The van der Waals surface area contributed by atoms with Crippen molar-refractivity contribution in [2.45, 2.75) is 31.8 Å². The van der Waals surface area contributed by atoms with Crippen molar-refractivity contribution in [1.29, 1.82) is 0 Å². The van der Waals surface area contributed by atoms with Gasteiger partial charge in [0.1, 0.15) is 18.0 Å². The van der Waals surface area contributed by atoms with Gasteiger partial charge in [0.25, 0.3) is 10.0 Å². The van der Waals surface area contributed by atoms with Crippen molar-refractivity contribution < 1.29 is 27.4 Å². The van der Waals surface area contributed by atoms with Gasteiger partial charge in [0.05, 0.1) is 30.4 Å². The summed E-state index contributed by atoms with van der Waals surface area (Å²) in [6.07, 6.45) is -0.00971. The Hall–Kier alpha value is -2.74. The Morgan fingerprint density at radius 3 is 2.07 bits per heavy atom. The number of hydrogen-bond donors (Lipinski definition) is 0. The summed E-state index contributed by atoms with van der Waals surface area (Å²) in [6, 6.07) is 12.5. The molecule has 0 N–H and O–H groups in total. The van der Waals surface area contributed by atoms with Crippen molar-refractivity contribution >= 4 is 21.7 Å². The molecule has 0 fully saturated rings.